The summed E-state index contributed by atoms with van der Waals surface area (Å²) in [7, 11) is 0. The molecule has 3 aliphatic rings. The minimum atomic E-state index is -2.94. The van der Waals surface area contributed by atoms with Gasteiger partial charge in [0, 0.05) is 55.7 Å². The molecule has 1 aromatic rings. The molecular formula is C24H32BrF2N5O5. The van der Waals surface area contributed by atoms with Gasteiger partial charge in [0.2, 0.25) is 5.91 Å². The van der Waals surface area contributed by atoms with Gasteiger partial charge in [-0.05, 0) is 32.8 Å². The lowest BCUT2D eigenvalue weighted by Gasteiger charge is -2.38. The number of ether oxygens (including phenoxy) is 1. The molecule has 2 N–H and O–H groups in total. The number of carbonyl (C=O) groups is 2. The summed E-state index contributed by atoms with van der Waals surface area (Å²) in [6.07, 6.45) is 0.360. The fraction of sp³-hybridized carbons (Fsp3) is 0.667. The van der Waals surface area contributed by atoms with Crippen LogP contribution in [0.2, 0.25) is 0 Å². The van der Waals surface area contributed by atoms with Crippen LogP contribution in [-0.2, 0) is 9.53 Å². The molecule has 0 aliphatic carbocycles. The minimum absolute atomic E-state index is 0.0927. The molecule has 3 heterocycles. The summed E-state index contributed by atoms with van der Waals surface area (Å²) in [6.45, 7) is 4.82. The number of hydrogen-bond donors (Lipinski definition) is 2. The molecule has 1 aromatic carbocycles. The van der Waals surface area contributed by atoms with E-state index in [1.165, 1.54) is 6.07 Å². The first-order valence-electron chi connectivity index (χ1n) is 12.5. The minimum Gasteiger partial charge on any atom is -0.374 e. The molecule has 0 aromatic heterocycles. The van der Waals surface area contributed by atoms with Gasteiger partial charge in [-0.2, -0.15) is 0 Å². The first-order valence-corrected chi connectivity index (χ1v) is 13.3. The quantitative estimate of drug-likeness (QED) is 0.401. The molecule has 37 heavy (non-hydrogen) atoms. The summed E-state index contributed by atoms with van der Waals surface area (Å²) < 4.78 is 33.8. The third-order valence-corrected chi connectivity index (χ3v) is 7.42. The standard InChI is InChI=1S/C24H32BrF2N5O5/c1-14-10-31(11-15(2)37-14)23(34)19-6-17(25)7-20(32(35)36)21(19)29-18-4-3-5-30(12-18)22(33)16-8-24(26,27)13-28-9-16/h6-7,14-16,18,28-29H,3-5,8-13H2,1-2H3/t14-,15+,16-,18-/m1/s1. The Hall–Kier alpha value is -2.38. The molecule has 0 unspecified atom stereocenters. The highest BCUT2D eigenvalue weighted by Crippen LogP contribution is 2.35. The number of morpholine rings is 1. The Morgan fingerprint density at radius 1 is 1.22 bits per heavy atom. The number of nitrogens with zero attached hydrogens (tertiary/aromatic N) is 3. The van der Waals surface area contributed by atoms with Crippen LogP contribution in [0.3, 0.4) is 0 Å². The second-order valence-corrected chi connectivity index (χ2v) is 11.1. The number of piperidine rings is 2. The van der Waals surface area contributed by atoms with E-state index < -0.39 is 29.7 Å². The SMILES string of the molecule is C[C@@H]1CN(C(=O)c2cc(Br)cc([N+](=O)[O-])c2N[C@@H]2CCCN(C(=O)[C@H]3CNCC(F)(F)C3)C2)C[C@H](C)O1. The van der Waals surface area contributed by atoms with Crippen molar-refractivity contribution in [3.63, 3.8) is 0 Å². The Morgan fingerprint density at radius 3 is 2.57 bits per heavy atom. The van der Waals surface area contributed by atoms with Crippen LogP contribution in [-0.4, -0.2) is 90.0 Å². The zero-order valence-corrected chi connectivity index (χ0v) is 22.4. The van der Waals surface area contributed by atoms with Crippen molar-refractivity contribution in [2.24, 2.45) is 5.92 Å². The van der Waals surface area contributed by atoms with Gasteiger partial charge in [-0.1, -0.05) is 15.9 Å². The van der Waals surface area contributed by atoms with E-state index in [4.69, 9.17) is 4.74 Å². The van der Waals surface area contributed by atoms with Crippen LogP contribution in [0.5, 0.6) is 0 Å². The maximum atomic E-state index is 13.9. The second kappa shape index (κ2) is 11.2. The second-order valence-electron chi connectivity index (χ2n) is 10.2. The predicted octanol–water partition coefficient (Wildman–Crippen LogP) is 3.25. The van der Waals surface area contributed by atoms with Gasteiger partial charge in [0.25, 0.3) is 17.5 Å². The number of carbonyl (C=O) groups excluding carboxylic acids is 2. The number of anilines is 1. The highest BCUT2D eigenvalue weighted by molar-refractivity contribution is 9.10. The summed E-state index contributed by atoms with van der Waals surface area (Å²) in [5, 5.41) is 17.8. The molecule has 4 atom stereocenters. The average Bonchev–Trinajstić information content (AvgIpc) is 2.82. The van der Waals surface area contributed by atoms with Gasteiger partial charge in [0.15, 0.2) is 0 Å². The molecule has 13 heteroatoms. The number of amides is 2. The number of likely N-dealkylation sites (tertiary alicyclic amines) is 1. The number of benzene rings is 1. The Bertz CT molecular complexity index is 1050. The van der Waals surface area contributed by atoms with Gasteiger partial charge >= 0.3 is 0 Å². The number of nitro benzene ring substituents is 1. The Balaban J connectivity index is 1.56. The zero-order valence-electron chi connectivity index (χ0n) is 20.8. The lowest BCUT2D eigenvalue weighted by atomic mass is 9.94. The van der Waals surface area contributed by atoms with Crippen LogP contribution < -0.4 is 10.6 Å². The average molecular weight is 588 g/mol. The molecule has 0 bridgehead atoms. The molecule has 204 valence electrons. The van der Waals surface area contributed by atoms with E-state index in [0.717, 1.165) is 0 Å². The summed E-state index contributed by atoms with van der Waals surface area (Å²) in [6, 6.07) is 2.51. The Labute approximate surface area is 222 Å². The summed E-state index contributed by atoms with van der Waals surface area (Å²) in [5.41, 5.74) is -0.0104. The van der Waals surface area contributed by atoms with Gasteiger partial charge in [-0.3, -0.25) is 19.7 Å². The van der Waals surface area contributed by atoms with Gasteiger partial charge < -0.3 is 25.2 Å². The Morgan fingerprint density at radius 2 is 1.92 bits per heavy atom. The summed E-state index contributed by atoms with van der Waals surface area (Å²) in [5.74, 6) is -4.47. The van der Waals surface area contributed by atoms with E-state index >= 15 is 0 Å². The van der Waals surface area contributed by atoms with Crippen molar-refractivity contribution in [3.05, 3.63) is 32.3 Å². The number of halogens is 3. The summed E-state index contributed by atoms with van der Waals surface area (Å²) in [4.78, 5) is 41.2. The fourth-order valence-corrected chi connectivity index (χ4v) is 5.88. The predicted molar refractivity (Wildman–Crippen MR) is 136 cm³/mol. The molecule has 3 aliphatic heterocycles. The van der Waals surface area contributed by atoms with E-state index in [-0.39, 0.29) is 60.1 Å². The van der Waals surface area contributed by atoms with Crippen molar-refractivity contribution in [3.8, 4) is 0 Å². The molecule has 0 spiro atoms. The molecule has 0 saturated carbocycles. The molecule has 2 amide bonds. The normalized spacial score (nSPS) is 28.0. The maximum Gasteiger partial charge on any atom is 0.294 e. The number of alkyl halides is 2. The third-order valence-electron chi connectivity index (χ3n) is 6.97. The highest BCUT2D eigenvalue weighted by Gasteiger charge is 2.41. The van der Waals surface area contributed by atoms with Gasteiger partial charge in [0.1, 0.15) is 5.69 Å². The monoisotopic (exact) mass is 587 g/mol. The van der Waals surface area contributed by atoms with Crippen LogP contribution in [0, 0.1) is 16.0 Å². The summed E-state index contributed by atoms with van der Waals surface area (Å²) >= 11 is 3.29. The van der Waals surface area contributed by atoms with Crippen molar-refractivity contribution >= 4 is 39.1 Å². The van der Waals surface area contributed by atoms with E-state index in [0.29, 0.717) is 36.9 Å². The van der Waals surface area contributed by atoms with E-state index in [1.807, 2.05) is 13.8 Å². The Kier molecular flexibility index (Phi) is 8.34. The highest BCUT2D eigenvalue weighted by atomic mass is 79.9. The molecule has 4 rings (SSSR count). The number of nitrogens with one attached hydrogen (secondary N) is 2. The van der Waals surface area contributed by atoms with E-state index in [2.05, 4.69) is 26.6 Å². The fourth-order valence-electron chi connectivity index (χ4n) is 5.44. The smallest absolute Gasteiger partial charge is 0.294 e. The van der Waals surface area contributed by atoms with Crippen LogP contribution in [0.1, 0.15) is 43.5 Å². The van der Waals surface area contributed by atoms with Crippen LogP contribution in [0.15, 0.2) is 16.6 Å². The van der Waals surface area contributed by atoms with Crippen molar-refractivity contribution in [2.75, 3.05) is 44.6 Å². The largest absolute Gasteiger partial charge is 0.374 e. The first kappa shape index (κ1) is 27.6. The first-order chi connectivity index (χ1) is 17.4. The van der Waals surface area contributed by atoms with Crippen molar-refractivity contribution < 1.29 is 28.0 Å². The molecule has 3 fully saturated rings. The maximum absolute atomic E-state index is 13.9. The molecular weight excluding hydrogens is 556 g/mol. The van der Waals surface area contributed by atoms with Crippen LogP contribution >= 0.6 is 15.9 Å². The van der Waals surface area contributed by atoms with Crippen molar-refractivity contribution in [1.29, 1.82) is 0 Å². The third kappa shape index (κ3) is 6.55. The number of hydrogen-bond acceptors (Lipinski definition) is 7. The van der Waals surface area contributed by atoms with E-state index in [1.54, 1.807) is 15.9 Å². The van der Waals surface area contributed by atoms with Gasteiger partial charge in [-0.15, -0.1) is 0 Å². The van der Waals surface area contributed by atoms with Gasteiger partial charge in [-0.25, -0.2) is 8.78 Å². The molecule has 0 radical (unpaired) electrons. The number of rotatable bonds is 5. The zero-order chi connectivity index (χ0) is 26.9. The van der Waals surface area contributed by atoms with Crippen LogP contribution in [0.25, 0.3) is 0 Å². The van der Waals surface area contributed by atoms with Crippen molar-refractivity contribution in [1.82, 2.24) is 15.1 Å². The molecule has 10 nitrogen and oxygen atoms in total. The number of nitro groups is 1. The van der Waals surface area contributed by atoms with E-state index in [9.17, 15) is 28.5 Å². The van der Waals surface area contributed by atoms with Crippen molar-refractivity contribution in [2.45, 2.75) is 57.3 Å². The van der Waals surface area contributed by atoms with Gasteiger partial charge in [0.05, 0.1) is 35.2 Å². The lowest BCUT2D eigenvalue weighted by molar-refractivity contribution is -0.384. The molecule has 3 saturated heterocycles. The lowest BCUT2D eigenvalue weighted by Crippen LogP contribution is -2.53. The topological polar surface area (TPSA) is 117 Å². The van der Waals surface area contributed by atoms with Crippen LogP contribution in [0.4, 0.5) is 20.2 Å².